The summed E-state index contributed by atoms with van der Waals surface area (Å²) in [5.74, 6) is 0.0865. The van der Waals surface area contributed by atoms with Gasteiger partial charge in [-0.15, -0.1) is 0 Å². The number of rotatable bonds is 4. The van der Waals surface area contributed by atoms with E-state index < -0.39 is 9.84 Å². The van der Waals surface area contributed by atoms with Gasteiger partial charge in [0, 0.05) is 11.8 Å². The molecular weight excluding hydrogens is 214 g/mol. The second-order valence-electron chi connectivity index (χ2n) is 3.76. The Morgan fingerprint density at radius 3 is 2.60 bits per heavy atom. The molecule has 86 valence electrons. The molecule has 0 fully saturated rings. The molecule has 0 aromatic carbocycles. The lowest BCUT2D eigenvalue weighted by Gasteiger charge is -2.11. The molecule has 0 saturated carbocycles. The van der Waals surface area contributed by atoms with E-state index in [0.29, 0.717) is 11.4 Å². The molecule has 0 spiro atoms. The summed E-state index contributed by atoms with van der Waals surface area (Å²) in [5, 5.41) is 4.06. The van der Waals surface area contributed by atoms with Crippen LogP contribution in [0.2, 0.25) is 0 Å². The Hall–Kier alpha value is -1.04. The predicted octanol–water partition coefficient (Wildman–Crippen LogP) is 0.981. The molecule has 0 bridgehead atoms. The summed E-state index contributed by atoms with van der Waals surface area (Å²) in [7, 11) is -3.06. The van der Waals surface area contributed by atoms with E-state index in [0.717, 1.165) is 0 Å². The predicted molar refractivity (Wildman–Crippen MR) is 60.2 cm³/mol. The van der Waals surface area contributed by atoms with Crippen molar-refractivity contribution in [3.05, 3.63) is 11.9 Å². The first-order valence-corrected chi connectivity index (χ1v) is 6.71. The molecule has 0 aliphatic heterocycles. The van der Waals surface area contributed by atoms with Gasteiger partial charge < -0.3 is 5.73 Å². The van der Waals surface area contributed by atoms with E-state index in [1.807, 2.05) is 13.8 Å². The highest BCUT2D eigenvalue weighted by atomic mass is 32.2. The smallest absolute Gasteiger partial charge is 0.155 e. The quantitative estimate of drug-likeness (QED) is 0.838. The summed E-state index contributed by atoms with van der Waals surface area (Å²) in [4.78, 5) is 0. The fourth-order valence-electron chi connectivity index (χ4n) is 1.31. The van der Waals surface area contributed by atoms with E-state index in [-0.39, 0.29) is 17.5 Å². The van der Waals surface area contributed by atoms with Gasteiger partial charge in [-0.3, -0.25) is 4.68 Å². The van der Waals surface area contributed by atoms with Crippen LogP contribution in [-0.2, 0) is 15.6 Å². The van der Waals surface area contributed by atoms with Crippen LogP contribution in [0.5, 0.6) is 0 Å². The highest BCUT2D eigenvalue weighted by Crippen LogP contribution is 2.18. The molecule has 1 rings (SSSR count). The number of aromatic nitrogens is 2. The van der Waals surface area contributed by atoms with Crippen molar-refractivity contribution in [1.82, 2.24) is 9.78 Å². The summed E-state index contributed by atoms with van der Waals surface area (Å²) in [6.07, 6.45) is 1.50. The highest BCUT2D eigenvalue weighted by molar-refractivity contribution is 7.90. The third-order valence-electron chi connectivity index (χ3n) is 2.22. The van der Waals surface area contributed by atoms with E-state index in [4.69, 9.17) is 5.73 Å². The van der Waals surface area contributed by atoms with Crippen molar-refractivity contribution in [2.24, 2.45) is 0 Å². The molecule has 0 radical (unpaired) electrons. The van der Waals surface area contributed by atoms with E-state index in [1.54, 1.807) is 11.6 Å². The number of nitrogen functional groups attached to an aromatic ring is 1. The van der Waals surface area contributed by atoms with Crippen LogP contribution in [0.15, 0.2) is 6.20 Å². The average Bonchev–Trinajstić information content (AvgIpc) is 2.48. The highest BCUT2D eigenvalue weighted by Gasteiger charge is 2.17. The van der Waals surface area contributed by atoms with Crippen LogP contribution in [0.3, 0.4) is 0 Å². The SMILES string of the molecule is CCS(=O)(=O)Cc1c(N)cnn1C(C)C. The van der Waals surface area contributed by atoms with Crippen LogP contribution in [0.1, 0.15) is 32.5 Å². The third-order valence-corrected chi connectivity index (χ3v) is 3.81. The lowest BCUT2D eigenvalue weighted by Crippen LogP contribution is -2.14. The maximum absolute atomic E-state index is 11.5. The first kappa shape index (κ1) is 12.0. The van der Waals surface area contributed by atoms with Crippen molar-refractivity contribution in [2.75, 3.05) is 11.5 Å². The molecule has 1 aromatic heterocycles. The fraction of sp³-hybridized carbons (Fsp3) is 0.667. The molecule has 1 aromatic rings. The molecule has 0 aliphatic carbocycles. The topological polar surface area (TPSA) is 78.0 Å². The minimum Gasteiger partial charge on any atom is -0.396 e. The summed E-state index contributed by atoms with van der Waals surface area (Å²) in [6.45, 7) is 5.50. The Balaban J connectivity index is 3.09. The Kier molecular flexibility index (Phi) is 3.38. The molecule has 0 saturated heterocycles. The number of nitrogens with two attached hydrogens (primary N) is 1. The molecule has 0 amide bonds. The largest absolute Gasteiger partial charge is 0.396 e. The Bertz CT molecular complexity index is 434. The van der Waals surface area contributed by atoms with Crippen molar-refractivity contribution in [1.29, 1.82) is 0 Å². The molecule has 1 heterocycles. The lowest BCUT2D eigenvalue weighted by atomic mass is 10.3. The van der Waals surface area contributed by atoms with Gasteiger partial charge in [0.25, 0.3) is 0 Å². The van der Waals surface area contributed by atoms with Crippen LogP contribution in [0.25, 0.3) is 0 Å². The summed E-state index contributed by atoms with van der Waals surface area (Å²) in [6, 6.07) is 0.115. The van der Waals surface area contributed by atoms with Crippen molar-refractivity contribution in [2.45, 2.75) is 32.6 Å². The number of anilines is 1. The normalized spacial score (nSPS) is 12.3. The van der Waals surface area contributed by atoms with Gasteiger partial charge in [0.05, 0.1) is 23.3 Å². The van der Waals surface area contributed by atoms with Gasteiger partial charge in [0.15, 0.2) is 9.84 Å². The van der Waals surface area contributed by atoms with Crippen molar-refractivity contribution < 1.29 is 8.42 Å². The van der Waals surface area contributed by atoms with Crippen LogP contribution >= 0.6 is 0 Å². The number of hydrogen-bond donors (Lipinski definition) is 1. The molecule has 0 aliphatic rings. The zero-order chi connectivity index (χ0) is 11.6. The van der Waals surface area contributed by atoms with E-state index in [9.17, 15) is 8.42 Å². The van der Waals surface area contributed by atoms with Crippen molar-refractivity contribution in [3.63, 3.8) is 0 Å². The monoisotopic (exact) mass is 231 g/mol. The van der Waals surface area contributed by atoms with Crippen molar-refractivity contribution >= 4 is 15.5 Å². The number of nitrogens with zero attached hydrogens (tertiary/aromatic N) is 2. The molecule has 0 unspecified atom stereocenters. The minimum atomic E-state index is -3.06. The van der Waals surface area contributed by atoms with Crippen LogP contribution in [0, 0.1) is 0 Å². The molecule has 5 nitrogen and oxygen atoms in total. The van der Waals surface area contributed by atoms with Crippen LogP contribution < -0.4 is 5.73 Å². The summed E-state index contributed by atoms with van der Waals surface area (Å²) >= 11 is 0. The maximum atomic E-state index is 11.5. The minimum absolute atomic E-state index is 0.0342. The summed E-state index contributed by atoms with van der Waals surface area (Å²) < 4.78 is 24.6. The number of sulfone groups is 1. The van der Waals surface area contributed by atoms with Gasteiger partial charge in [0.1, 0.15) is 0 Å². The van der Waals surface area contributed by atoms with Crippen LogP contribution in [0.4, 0.5) is 5.69 Å². The van der Waals surface area contributed by atoms with Gasteiger partial charge >= 0.3 is 0 Å². The molecular formula is C9H17N3O2S. The Labute approximate surface area is 90.2 Å². The number of hydrogen-bond acceptors (Lipinski definition) is 4. The lowest BCUT2D eigenvalue weighted by molar-refractivity contribution is 0.514. The zero-order valence-corrected chi connectivity index (χ0v) is 10.1. The van der Waals surface area contributed by atoms with E-state index in [1.165, 1.54) is 6.20 Å². The van der Waals surface area contributed by atoms with Gasteiger partial charge in [-0.05, 0) is 13.8 Å². The summed E-state index contributed by atoms with van der Waals surface area (Å²) in [5.41, 5.74) is 6.73. The van der Waals surface area contributed by atoms with E-state index >= 15 is 0 Å². The average molecular weight is 231 g/mol. The second kappa shape index (κ2) is 4.22. The standard InChI is InChI=1S/C9H17N3O2S/c1-4-15(13,14)6-9-8(10)5-11-12(9)7(2)3/h5,7H,4,6,10H2,1-3H3. The molecule has 0 atom stereocenters. The Morgan fingerprint density at radius 1 is 1.53 bits per heavy atom. The van der Waals surface area contributed by atoms with Gasteiger partial charge in [-0.25, -0.2) is 8.42 Å². The fourth-order valence-corrected chi connectivity index (χ4v) is 2.23. The van der Waals surface area contributed by atoms with Crippen molar-refractivity contribution in [3.8, 4) is 0 Å². The van der Waals surface area contributed by atoms with Gasteiger partial charge in [-0.2, -0.15) is 5.10 Å². The molecule has 2 N–H and O–H groups in total. The van der Waals surface area contributed by atoms with Gasteiger partial charge in [-0.1, -0.05) is 6.92 Å². The maximum Gasteiger partial charge on any atom is 0.155 e. The third kappa shape index (κ3) is 2.71. The van der Waals surface area contributed by atoms with Crippen LogP contribution in [-0.4, -0.2) is 24.0 Å². The first-order chi connectivity index (χ1) is 6.87. The first-order valence-electron chi connectivity index (χ1n) is 4.89. The molecule has 6 heteroatoms. The zero-order valence-electron chi connectivity index (χ0n) is 9.27. The molecule has 15 heavy (non-hydrogen) atoms. The Morgan fingerprint density at radius 2 is 2.13 bits per heavy atom. The van der Waals surface area contributed by atoms with E-state index in [2.05, 4.69) is 5.10 Å². The van der Waals surface area contributed by atoms with Gasteiger partial charge in [0.2, 0.25) is 0 Å². The second-order valence-corrected chi connectivity index (χ2v) is 6.11.